The van der Waals surface area contributed by atoms with Gasteiger partial charge < -0.3 is 0 Å². The van der Waals surface area contributed by atoms with Crippen LogP contribution in [0.4, 0.5) is 0 Å². The van der Waals surface area contributed by atoms with Crippen molar-refractivity contribution in [3.63, 3.8) is 0 Å². The molecule has 0 amide bonds. The molecule has 0 saturated carbocycles. The number of hydrogen-bond acceptors (Lipinski definition) is 0. The number of hydrogen-bond donors (Lipinski definition) is 0. The van der Waals surface area contributed by atoms with E-state index in [1.54, 1.807) is 5.57 Å². The van der Waals surface area contributed by atoms with Crippen molar-refractivity contribution < 1.29 is 0 Å². The second-order valence-corrected chi connectivity index (χ2v) is 3.15. The third-order valence-electron chi connectivity index (χ3n) is 2.24. The normalized spacial score (nSPS) is 15.1. The molecule has 0 heteroatoms. The fourth-order valence-electron chi connectivity index (χ4n) is 1.33. The molecular weight excluding hydrogens is 156 g/mol. The van der Waals surface area contributed by atoms with Gasteiger partial charge in [-0.05, 0) is 31.8 Å². The standard InChI is InChI=1S/C11H16.C2H6/c1-4-10-5-7-11(8-6-10)9(2)3;1-2/h5,7H,2,4,6,8H2,1,3H3;1-2H3. The van der Waals surface area contributed by atoms with Crippen LogP contribution >= 0.6 is 0 Å². The van der Waals surface area contributed by atoms with Crippen molar-refractivity contribution >= 4 is 0 Å². The molecule has 0 radical (unpaired) electrons. The summed E-state index contributed by atoms with van der Waals surface area (Å²) >= 11 is 0. The van der Waals surface area contributed by atoms with Crippen molar-refractivity contribution in [2.45, 2.75) is 47.0 Å². The van der Waals surface area contributed by atoms with Crippen LogP contribution in [0.25, 0.3) is 0 Å². The molecule has 0 N–H and O–H groups in total. The molecule has 74 valence electrons. The molecule has 0 aromatic heterocycles. The van der Waals surface area contributed by atoms with Gasteiger partial charge in [-0.15, -0.1) is 0 Å². The van der Waals surface area contributed by atoms with Gasteiger partial charge >= 0.3 is 0 Å². The predicted molar refractivity (Wildman–Crippen MR) is 61.9 cm³/mol. The van der Waals surface area contributed by atoms with E-state index in [9.17, 15) is 0 Å². The molecule has 1 aliphatic rings. The molecule has 0 fully saturated rings. The average molecular weight is 178 g/mol. The van der Waals surface area contributed by atoms with Gasteiger partial charge in [-0.25, -0.2) is 0 Å². The molecule has 0 aromatic carbocycles. The van der Waals surface area contributed by atoms with Crippen LogP contribution in [-0.4, -0.2) is 0 Å². The third-order valence-corrected chi connectivity index (χ3v) is 2.24. The molecule has 0 aromatic rings. The molecule has 0 bridgehead atoms. The van der Waals surface area contributed by atoms with Crippen LogP contribution < -0.4 is 0 Å². The highest BCUT2D eigenvalue weighted by molar-refractivity contribution is 5.35. The Bertz CT molecular complexity index is 216. The Labute approximate surface area is 83.0 Å². The monoisotopic (exact) mass is 178 g/mol. The van der Waals surface area contributed by atoms with Crippen LogP contribution in [-0.2, 0) is 0 Å². The van der Waals surface area contributed by atoms with Gasteiger partial charge in [0, 0.05) is 0 Å². The van der Waals surface area contributed by atoms with E-state index < -0.39 is 0 Å². The Hall–Kier alpha value is -0.780. The smallest absolute Gasteiger partial charge is 0.0239 e. The van der Waals surface area contributed by atoms with Gasteiger partial charge in [0.2, 0.25) is 0 Å². The molecule has 1 rings (SSSR count). The lowest BCUT2D eigenvalue weighted by Crippen LogP contribution is -1.93. The van der Waals surface area contributed by atoms with Gasteiger partial charge in [-0.3, -0.25) is 0 Å². The summed E-state index contributed by atoms with van der Waals surface area (Å²) in [6.45, 7) is 12.2. The summed E-state index contributed by atoms with van der Waals surface area (Å²) < 4.78 is 0. The SMILES string of the molecule is C=C(C)C1=CC=C(CC)CC1.CC. The van der Waals surface area contributed by atoms with Crippen molar-refractivity contribution in [3.8, 4) is 0 Å². The highest BCUT2D eigenvalue weighted by Crippen LogP contribution is 2.23. The summed E-state index contributed by atoms with van der Waals surface area (Å²) in [7, 11) is 0. The zero-order chi connectivity index (χ0) is 10.3. The van der Waals surface area contributed by atoms with Crippen LogP contribution in [0.1, 0.15) is 47.0 Å². The van der Waals surface area contributed by atoms with Crippen LogP contribution in [0.15, 0.2) is 35.5 Å². The maximum absolute atomic E-state index is 3.93. The molecule has 0 saturated heterocycles. The van der Waals surface area contributed by atoms with E-state index in [1.165, 1.54) is 30.4 Å². The molecule has 13 heavy (non-hydrogen) atoms. The van der Waals surface area contributed by atoms with E-state index >= 15 is 0 Å². The number of rotatable bonds is 2. The van der Waals surface area contributed by atoms with Crippen molar-refractivity contribution in [2.75, 3.05) is 0 Å². The van der Waals surface area contributed by atoms with Gasteiger partial charge in [0.15, 0.2) is 0 Å². The summed E-state index contributed by atoms with van der Waals surface area (Å²) in [6.07, 6.45) is 8.07. The minimum Gasteiger partial charge on any atom is -0.0958 e. The topological polar surface area (TPSA) is 0 Å². The minimum absolute atomic E-state index is 1.19. The second-order valence-electron chi connectivity index (χ2n) is 3.15. The Morgan fingerprint density at radius 1 is 1.31 bits per heavy atom. The third kappa shape index (κ3) is 4.12. The summed E-state index contributed by atoms with van der Waals surface area (Å²) in [4.78, 5) is 0. The largest absolute Gasteiger partial charge is 0.0958 e. The summed E-state index contributed by atoms with van der Waals surface area (Å²) in [6, 6.07) is 0. The van der Waals surface area contributed by atoms with Gasteiger partial charge in [0.25, 0.3) is 0 Å². The molecule has 0 nitrogen and oxygen atoms in total. The molecule has 0 aliphatic heterocycles. The van der Waals surface area contributed by atoms with Gasteiger partial charge in [0.1, 0.15) is 0 Å². The highest BCUT2D eigenvalue weighted by atomic mass is 14.1. The lowest BCUT2D eigenvalue weighted by Gasteiger charge is -2.12. The summed E-state index contributed by atoms with van der Waals surface area (Å²) in [5.41, 5.74) is 4.20. The first kappa shape index (κ1) is 12.2. The molecule has 0 atom stereocenters. The van der Waals surface area contributed by atoms with Crippen LogP contribution in [0.3, 0.4) is 0 Å². The lowest BCUT2D eigenvalue weighted by molar-refractivity contribution is 0.863. The Morgan fingerprint density at radius 2 is 1.92 bits per heavy atom. The van der Waals surface area contributed by atoms with E-state index in [0.717, 1.165) is 0 Å². The Kier molecular flexibility index (Phi) is 6.30. The van der Waals surface area contributed by atoms with Crippen molar-refractivity contribution in [2.24, 2.45) is 0 Å². The first-order chi connectivity index (χ1) is 6.24. The van der Waals surface area contributed by atoms with Crippen molar-refractivity contribution in [3.05, 3.63) is 35.5 Å². The molecule has 1 aliphatic carbocycles. The fourth-order valence-corrected chi connectivity index (χ4v) is 1.33. The number of allylic oxidation sites excluding steroid dienone is 5. The molecular formula is C13H22. The average Bonchev–Trinajstić information content (AvgIpc) is 2.21. The van der Waals surface area contributed by atoms with Crippen LogP contribution in [0.5, 0.6) is 0 Å². The zero-order valence-electron chi connectivity index (χ0n) is 9.48. The minimum atomic E-state index is 1.19. The predicted octanol–water partition coefficient (Wildman–Crippen LogP) is 4.65. The lowest BCUT2D eigenvalue weighted by atomic mass is 9.93. The van der Waals surface area contributed by atoms with E-state index in [4.69, 9.17) is 0 Å². The fraction of sp³-hybridized carbons (Fsp3) is 0.538. The molecule has 0 spiro atoms. The Balaban J connectivity index is 0.000000671. The Morgan fingerprint density at radius 3 is 2.23 bits per heavy atom. The van der Waals surface area contributed by atoms with E-state index in [1.807, 2.05) is 13.8 Å². The van der Waals surface area contributed by atoms with Crippen LogP contribution in [0, 0.1) is 0 Å². The summed E-state index contributed by atoms with van der Waals surface area (Å²) in [5.74, 6) is 0. The van der Waals surface area contributed by atoms with Crippen molar-refractivity contribution in [1.29, 1.82) is 0 Å². The first-order valence-electron chi connectivity index (χ1n) is 5.28. The summed E-state index contributed by atoms with van der Waals surface area (Å²) in [5, 5.41) is 0. The van der Waals surface area contributed by atoms with E-state index in [2.05, 4.69) is 32.6 Å². The second kappa shape index (κ2) is 6.71. The van der Waals surface area contributed by atoms with E-state index in [0.29, 0.717) is 0 Å². The molecule has 0 unspecified atom stereocenters. The van der Waals surface area contributed by atoms with Crippen molar-refractivity contribution in [1.82, 2.24) is 0 Å². The first-order valence-corrected chi connectivity index (χ1v) is 5.28. The van der Waals surface area contributed by atoms with E-state index in [-0.39, 0.29) is 0 Å². The maximum atomic E-state index is 3.93. The maximum Gasteiger partial charge on any atom is -0.0239 e. The molecule has 0 heterocycles. The van der Waals surface area contributed by atoms with Gasteiger partial charge in [-0.2, -0.15) is 0 Å². The van der Waals surface area contributed by atoms with Gasteiger partial charge in [0.05, 0.1) is 0 Å². The quantitative estimate of drug-likeness (QED) is 0.577. The highest BCUT2D eigenvalue weighted by Gasteiger charge is 2.04. The zero-order valence-corrected chi connectivity index (χ0v) is 9.48. The van der Waals surface area contributed by atoms with Gasteiger partial charge in [-0.1, -0.05) is 50.6 Å². The van der Waals surface area contributed by atoms with Crippen LogP contribution in [0.2, 0.25) is 0 Å².